The van der Waals surface area contributed by atoms with E-state index in [1.54, 1.807) is 6.42 Å². The molecule has 4 bridgehead atoms. The lowest BCUT2D eigenvalue weighted by Gasteiger charge is -2.51. The predicted octanol–water partition coefficient (Wildman–Crippen LogP) is 3.55. The van der Waals surface area contributed by atoms with Crippen LogP contribution in [0.25, 0.3) is 0 Å². The molecule has 1 aliphatic heterocycles. The lowest BCUT2D eigenvalue weighted by Crippen LogP contribution is -2.40. The molecule has 0 aromatic rings. The zero-order chi connectivity index (χ0) is 11.0. The molecule has 0 N–H and O–H groups in total. The first-order valence-corrected chi connectivity index (χ1v) is 7.75. The van der Waals surface area contributed by atoms with Gasteiger partial charge in [-0.1, -0.05) is 5.57 Å². The predicted molar refractivity (Wildman–Crippen MR) is 66.5 cm³/mol. The van der Waals surface area contributed by atoms with E-state index in [9.17, 15) is 0 Å². The smallest absolute Gasteiger partial charge is 0.0857 e. The number of allylic oxidation sites excluding steroid dienone is 1. The van der Waals surface area contributed by atoms with Crippen LogP contribution in [0, 0.1) is 29.6 Å². The molecular weight excluding hydrogens is 208 g/mol. The molecule has 0 aromatic carbocycles. The Morgan fingerprint density at radius 2 is 1.53 bits per heavy atom. The minimum Gasteiger partial charge on any atom is -0.373 e. The maximum atomic E-state index is 5.96. The molecule has 1 heteroatoms. The van der Waals surface area contributed by atoms with Crippen molar-refractivity contribution in [1.29, 1.82) is 0 Å². The van der Waals surface area contributed by atoms with E-state index in [-0.39, 0.29) is 0 Å². The standard InChI is InChI=1S/C16H22O/c1-2-13-15(16(13)17-3-1)14-11-5-9-4-10(7-11)8-12(14)6-9/h9-13,16H,1-8H2. The van der Waals surface area contributed by atoms with Crippen molar-refractivity contribution in [3.63, 3.8) is 0 Å². The Balaban J connectivity index is 1.54. The molecule has 0 amide bonds. The van der Waals surface area contributed by atoms with E-state index in [1.807, 2.05) is 11.1 Å². The van der Waals surface area contributed by atoms with Crippen LogP contribution in [0.3, 0.4) is 0 Å². The van der Waals surface area contributed by atoms with Crippen LogP contribution in [0.2, 0.25) is 0 Å². The van der Waals surface area contributed by atoms with Crippen molar-refractivity contribution < 1.29 is 4.74 Å². The Labute approximate surface area is 104 Å². The van der Waals surface area contributed by atoms with Gasteiger partial charge in [0.1, 0.15) is 0 Å². The second kappa shape index (κ2) is 3.17. The van der Waals surface area contributed by atoms with Gasteiger partial charge in [0.2, 0.25) is 0 Å². The van der Waals surface area contributed by atoms with Crippen LogP contribution < -0.4 is 0 Å². The topological polar surface area (TPSA) is 9.23 Å². The van der Waals surface area contributed by atoms with E-state index >= 15 is 0 Å². The van der Waals surface area contributed by atoms with E-state index in [1.165, 1.54) is 38.5 Å². The van der Waals surface area contributed by atoms with Gasteiger partial charge in [-0.25, -0.2) is 0 Å². The molecule has 0 radical (unpaired) electrons. The molecule has 6 rings (SSSR count). The molecular formula is C16H22O. The minimum atomic E-state index is 0.594. The summed E-state index contributed by atoms with van der Waals surface area (Å²) in [5, 5.41) is 0. The van der Waals surface area contributed by atoms with Gasteiger partial charge in [0.25, 0.3) is 0 Å². The van der Waals surface area contributed by atoms with Crippen LogP contribution in [0.4, 0.5) is 0 Å². The molecule has 5 aliphatic carbocycles. The summed E-state index contributed by atoms with van der Waals surface area (Å²) in [6.45, 7) is 1.03. The van der Waals surface area contributed by atoms with Gasteiger partial charge in [-0.15, -0.1) is 0 Å². The van der Waals surface area contributed by atoms with Gasteiger partial charge in [0.05, 0.1) is 6.10 Å². The second-order valence-electron chi connectivity index (χ2n) is 7.26. The van der Waals surface area contributed by atoms with Crippen molar-refractivity contribution in [2.45, 2.75) is 51.0 Å². The zero-order valence-corrected chi connectivity index (χ0v) is 10.5. The van der Waals surface area contributed by atoms with E-state index in [0.717, 1.165) is 36.2 Å². The Kier molecular flexibility index (Phi) is 1.79. The third-order valence-corrected chi connectivity index (χ3v) is 6.27. The molecule has 17 heavy (non-hydrogen) atoms. The van der Waals surface area contributed by atoms with Gasteiger partial charge in [-0.2, -0.15) is 0 Å². The number of ether oxygens (including phenoxy) is 1. The summed E-state index contributed by atoms with van der Waals surface area (Å²) in [5.41, 5.74) is 3.76. The molecule has 5 saturated carbocycles. The highest BCUT2D eigenvalue weighted by atomic mass is 16.5. The van der Waals surface area contributed by atoms with E-state index in [2.05, 4.69) is 0 Å². The molecule has 0 spiro atoms. The number of rotatable bonds is 0. The fourth-order valence-electron chi connectivity index (χ4n) is 5.86. The largest absolute Gasteiger partial charge is 0.373 e. The molecule has 1 heterocycles. The van der Waals surface area contributed by atoms with E-state index < -0.39 is 0 Å². The lowest BCUT2D eigenvalue weighted by molar-refractivity contribution is 0.0660. The molecule has 1 nitrogen and oxygen atoms in total. The normalized spacial score (nSPS) is 55.1. The van der Waals surface area contributed by atoms with Crippen LogP contribution >= 0.6 is 0 Å². The van der Waals surface area contributed by atoms with Crippen molar-refractivity contribution in [2.24, 2.45) is 29.6 Å². The fourth-order valence-corrected chi connectivity index (χ4v) is 5.86. The monoisotopic (exact) mass is 230 g/mol. The molecule has 6 fully saturated rings. The summed E-state index contributed by atoms with van der Waals surface area (Å²) in [6.07, 6.45) is 11.0. The quantitative estimate of drug-likeness (QED) is 0.578. The molecule has 0 aromatic heterocycles. The SMILES string of the molecule is C1COC2C(=C3C4CC5CC(C4)CC3C5)C2C1. The zero-order valence-electron chi connectivity index (χ0n) is 10.5. The number of fused-ring (bicyclic) bond motifs is 1. The summed E-state index contributed by atoms with van der Waals surface area (Å²) in [6, 6.07) is 0. The van der Waals surface area contributed by atoms with Gasteiger partial charge < -0.3 is 4.74 Å². The average Bonchev–Trinajstić information content (AvgIpc) is 3.02. The highest BCUT2D eigenvalue weighted by molar-refractivity contribution is 5.42. The second-order valence-corrected chi connectivity index (χ2v) is 7.26. The van der Waals surface area contributed by atoms with Crippen LogP contribution in [0.15, 0.2) is 11.1 Å². The van der Waals surface area contributed by atoms with Gasteiger partial charge in [-0.3, -0.25) is 0 Å². The first kappa shape index (κ1) is 9.61. The Morgan fingerprint density at radius 3 is 2.12 bits per heavy atom. The van der Waals surface area contributed by atoms with Gasteiger partial charge in [0, 0.05) is 12.5 Å². The molecule has 2 unspecified atom stereocenters. The number of hydrogen-bond acceptors (Lipinski definition) is 1. The Hall–Kier alpha value is -0.300. The molecule has 2 atom stereocenters. The van der Waals surface area contributed by atoms with Crippen molar-refractivity contribution in [2.75, 3.05) is 6.61 Å². The molecule has 92 valence electrons. The summed E-state index contributed by atoms with van der Waals surface area (Å²) in [5.74, 6) is 5.06. The Morgan fingerprint density at radius 1 is 0.824 bits per heavy atom. The van der Waals surface area contributed by atoms with E-state index in [0.29, 0.717) is 6.10 Å². The number of hydrogen-bond donors (Lipinski definition) is 0. The molecule has 1 saturated heterocycles. The summed E-state index contributed by atoms with van der Waals surface area (Å²) in [7, 11) is 0. The fraction of sp³-hybridized carbons (Fsp3) is 0.875. The third kappa shape index (κ3) is 1.24. The van der Waals surface area contributed by atoms with Crippen LogP contribution in [-0.2, 0) is 4.74 Å². The third-order valence-electron chi connectivity index (χ3n) is 6.27. The summed E-state index contributed by atoms with van der Waals surface area (Å²) < 4.78 is 5.96. The van der Waals surface area contributed by atoms with Crippen molar-refractivity contribution in [3.8, 4) is 0 Å². The highest BCUT2D eigenvalue weighted by Crippen LogP contribution is 2.62. The maximum absolute atomic E-state index is 5.96. The minimum absolute atomic E-state index is 0.594. The van der Waals surface area contributed by atoms with Crippen LogP contribution in [0.5, 0.6) is 0 Å². The van der Waals surface area contributed by atoms with Crippen molar-refractivity contribution in [3.05, 3.63) is 11.1 Å². The Bertz CT molecular complexity index is 350. The van der Waals surface area contributed by atoms with Gasteiger partial charge in [-0.05, 0) is 74.2 Å². The average molecular weight is 230 g/mol. The van der Waals surface area contributed by atoms with Gasteiger partial charge in [0.15, 0.2) is 0 Å². The van der Waals surface area contributed by atoms with Gasteiger partial charge >= 0.3 is 0 Å². The summed E-state index contributed by atoms with van der Waals surface area (Å²) >= 11 is 0. The van der Waals surface area contributed by atoms with Crippen molar-refractivity contribution >= 4 is 0 Å². The maximum Gasteiger partial charge on any atom is 0.0857 e. The lowest BCUT2D eigenvalue weighted by atomic mass is 9.54. The summed E-state index contributed by atoms with van der Waals surface area (Å²) in [4.78, 5) is 0. The van der Waals surface area contributed by atoms with E-state index in [4.69, 9.17) is 4.74 Å². The highest BCUT2D eigenvalue weighted by Gasteiger charge is 2.54. The van der Waals surface area contributed by atoms with Crippen molar-refractivity contribution in [1.82, 2.24) is 0 Å². The first-order chi connectivity index (χ1) is 8.40. The van der Waals surface area contributed by atoms with Crippen LogP contribution in [-0.4, -0.2) is 12.7 Å². The molecule has 6 aliphatic rings. The first-order valence-electron chi connectivity index (χ1n) is 7.75. The van der Waals surface area contributed by atoms with Crippen LogP contribution in [0.1, 0.15) is 44.9 Å².